The van der Waals surface area contributed by atoms with E-state index in [4.69, 9.17) is 5.73 Å². The summed E-state index contributed by atoms with van der Waals surface area (Å²) in [6.45, 7) is 0.597. The van der Waals surface area contributed by atoms with E-state index in [9.17, 15) is 17.6 Å². The number of hydrogen-bond donors (Lipinski definition) is 3. The second kappa shape index (κ2) is 7.94. The van der Waals surface area contributed by atoms with Crippen LogP contribution in [0.15, 0.2) is 18.2 Å². The molecule has 0 saturated carbocycles. The number of hydrogen-bond acceptors (Lipinski definition) is 4. The van der Waals surface area contributed by atoms with Crippen LogP contribution in [0.1, 0.15) is 25.7 Å². The van der Waals surface area contributed by atoms with Crippen molar-refractivity contribution >= 4 is 27.3 Å². The molecule has 0 aliphatic carbocycles. The molecule has 1 amide bonds. The molecule has 8 heteroatoms. The number of rotatable bonds is 8. The lowest BCUT2D eigenvalue weighted by atomic mass is 10.2. The normalized spacial score (nSPS) is 11.2. The summed E-state index contributed by atoms with van der Waals surface area (Å²) in [5, 5.41) is 2.60. The van der Waals surface area contributed by atoms with Crippen LogP contribution in [0.2, 0.25) is 0 Å². The van der Waals surface area contributed by atoms with E-state index in [1.807, 2.05) is 0 Å². The molecule has 118 valence electrons. The summed E-state index contributed by atoms with van der Waals surface area (Å²) >= 11 is 0. The number of halogens is 1. The van der Waals surface area contributed by atoms with Gasteiger partial charge in [-0.05, 0) is 37.6 Å². The van der Waals surface area contributed by atoms with Crippen molar-refractivity contribution in [3.05, 3.63) is 24.0 Å². The molecule has 0 unspecified atom stereocenters. The van der Waals surface area contributed by atoms with E-state index in [0.29, 0.717) is 18.7 Å². The Balaban J connectivity index is 2.63. The number of sulfonamides is 1. The first-order valence-corrected chi connectivity index (χ1v) is 8.48. The van der Waals surface area contributed by atoms with Crippen LogP contribution in [0.4, 0.5) is 15.8 Å². The number of nitrogens with one attached hydrogen (secondary N) is 2. The summed E-state index contributed by atoms with van der Waals surface area (Å²) < 4.78 is 37.8. The molecular formula is C13H20FN3O3S. The van der Waals surface area contributed by atoms with Crippen molar-refractivity contribution in [3.63, 3.8) is 0 Å². The molecule has 0 aliphatic rings. The number of nitrogens with two attached hydrogens (primary N) is 1. The predicted molar refractivity (Wildman–Crippen MR) is 81.0 cm³/mol. The van der Waals surface area contributed by atoms with Gasteiger partial charge >= 0.3 is 0 Å². The quantitative estimate of drug-likeness (QED) is 0.635. The van der Waals surface area contributed by atoms with E-state index in [1.54, 1.807) is 0 Å². The molecule has 0 radical (unpaired) electrons. The Labute approximate surface area is 124 Å². The Bertz CT molecular complexity index is 590. The van der Waals surface area contributed by atoms with Crippen LogP contribution >= 0.6 is 0 Å². The largest absolute Gasteiger partial charge is 0.330 e. The van der Waals surface area contributed by atoms with Crippen molar-refractivity contribution in [1.82, 2.24) is 0 Å². The number of carbonyl (C=O) groups is 1. The molecule has 0 atom stereocenters. The first-order valence-electron chi connectivity index (χ1n) is 6.59. The molecule has 1 rings (SSSR count). The molecule has 1 aromatic carbocycles. The zero-order chi connectivity index (χ0) is 15.9. The summed E-state index contributed by atoms with van der Waals surface area (Å²) in [7, 11) is -3.58. The van der Waals surface area contributed by atoms with Crippen LogP contribution in [0.3, 0.4) is 0 Å². The molecule has 21 heavy (non-hydrogen) atoms. The van der Waals surface area contributed by atoms with Crippen LogP contribution in [0, 0.1) is 5.82 Å². The highest BCUT2D eigenvalue weighted by atomic mass is 32.2. The SMILES string of the molecule is CS(=O)(=O)Nc1cc(NC(=O)CCCCCN)ccc1F. The minimum Gasteiger partial charge on any atom is -0.330 e. The average Bonchev–Trinajstić information content (AvgIpc) is 2.37. The van der Waals surface area contributed by atoms with Crippen LogP contribution in [-0.4, -0.2) is 27.1 Å². The second-order valence-corrected chi connectivity index (χ2v) is 6.46. The molecule has 0 saturated heterocycles. The lowest BCUT2D eigenvalue weighted by Gasteiger charge is -2.09. The van der Waals surface area contributed by atoms with Gasteiger partial charge in [-0.2, -0.15) is 0 Å². The molecule has 0 heterocycles. The maximum atomic E-state index is 13.5. The smallest absolute Gasteiger partial charge is 0.229 e. The van der Waals surface area contributed by atoms with E-state index in [-0.39, 0.29) is 11.6 Å². The maximum absolute atomic E-state index is 13.5. The number of benzene rings is 1. The molecule has 1 aromatic rings. The standard InChI is InChI=1S/C13H20FN3O3S/c1-21(19,20)17-12-9-10(6-7-11(12)14)16-13(18)5-3-2-4-8-15/h6-7,9,17H,2-5,8,15H2,1H3,(H,16,18). The van der Waals surface area contributed by atoms with Crippen molar-refractivity contribution in [3.8, 4) is 0 Å². The van der Waals surface area contributed by atoms with Gasteiger partial charge in [-0.3, -0.25) is 9.52 Å². The van der Waals surface area contributed by atoms with Crippen molar-refractivity contribution in [1.29, 1.82) is 0 Å². The Morgan fingerprint density at radius 2 is 2.00 bits per heavy atom. The molecule has 4 N–H and O–H groups in total. The Kier molecular flexibility index (Phi) is 6.57. The zero-order valence-corrected chi connectivity index (χ0v) is 12.7. The van der Waals surface area contributed by atoms with Crippen molar-refractivity contribution in [2.45, 2.75) is 25.7 Å². The summed E-state index contributed by atoms with van der Waals surface area (Å²) in [5.74, 6) is -0.912. The fourth-order valence-corrected chi connectivity index (χ4v) is 2.27. The second-order valence-electron chi connectivity index (χ2n) is 4.72. The van der Waals surface area contributed by atoms with Crippen molar-refractivity contribution in [2.24, 2.45) is 5.73 Å². The number of carbonyl (C=O) groups excluding carboxylic acids is 1. The molecular weight excluding hydrogens is 297 g/mol. The third kappa shape index (κ3) is 7.05. The fourth-order valence-electron chi connectivity index (χ4n) is 1.71. The predicted octanol–water partition coefficient (Wildman–Crippen LogP) is 1.65. The average molecular weight is 317 g/mol. The highest BCUT2D eigenvalue weighted by molar-refractivity contribution is 7.92. The van der Waals surface area contributed by atoms with Crippen LogP contribution in [0.25, 0.3) is 0 Å². The minimum atomic E-state index is -3.58. The maximum Gasteiger partial charge on any atom is 0.229 e. The Hall–Kier alpha value is -1.67. The van der Waals surface area contributed by atoms with Crippen molar-refractivity contribution < 1.29 is 17.6 Å². The molecule has 0 aromatic heterocycles. The zero-order valence-electron chi connectivity index (χ0n) is 11.9. The minimum absolute atomic E-state index is 0.196. The Morgan fingerprint density at radius 1 is 1.29 bits per heavy atom. The molecule has 0 spiro atoms. The molecule has 0 bridgehead atoms. The van der Waals surface area contributed by atoms with Crippen LogP contribution < -0.4 is 15.8 Å². The summed E-state index contributed by atoms with van der Waals surface area (Å²) in [6, 6.07) is 3.71. The molecule has 0 fully saturated rings. The number of unbranched alkanes of at least 4 members (excludes halogenated alkanes) is 2. The topological polar surface area (TPSA) is 101 Å². The monoisotopic (exact) mass is 317 g/mol. The van der Waals surface area contributed by atoms with Gasteiger partial charge in [0.2, 0.25) is 15.9 Å². The van der Waals surface area contributed by atoms with Crippen molar-refractivity contribution in [2.75, 3.05) is 22.8 Å². The first-order chi connectivity index (χ1) is 9.81. The summed E-state index contributed by atoms with van der Waals surface area (Å²) in [4.78, 5) is 11.7. The fraction of sp³-hybridized carbons (Fsp3) is 0.462. The van der Waals surface area contributed by atoms with Crippen LogP contribution in [-0.2, 0) is 14.8 Å². The first kappa shape index (κ1) is 17.4. The summed E-state index contributed by atoms with van der Waals surface area (Å²) in [6.07, 6.45) is 3.72. The van der Waals surface area contributed by atoms with Gasteiger partial charge < -0.3 is 11.1 Å². The van der Waals surface area contributed by atoms with E-state index >= 15 is 0 Å². The third-order valence-electron chi connectivity index (χ3n) is 2.65. The third-order valence-corrected chi connectivity index (χ3v) is 3.24. The van der Waals surface area contributed by atoms with Gasteiger partial charge in [0.15, 0.2) is 0 Å². The van der Waals surface area contributed by atoms with E-state index in [1.165, 1.54) is 12.1 Å². The van der Waals surface area contributed by atoms with E-state index in [0.717, 1.165) is 31.6 Å². The van der Waals surface area contributed by atoms with Crippen LogP contribution in [0.5, 0.6) is 0 Å². The van der Waals surface area contributed by atoms with Gasteiger partial charge in [0.05, 0.1) is 11.9 Å². The highest BCUT2D eigenvalue weighted by Gasteiger charge is 2.10. The van der Waals surface area contributed by atoms with Gasteiger partial charge in [0, 0.05) is 12.1 Å². The Morgan fingerprint density at radius 3 is 2.62 bits per heavy atom. The summed E-state index contributed by atoms with van der Waals surface area (Å²) in [5.41, 5.74) is 5.50. The number of amides is 1. The van der Waals surface area contributed by atoms with Gasteiger partial charge in [0.1, 0.15) is 5.82 Å². The molecule has 0 aliphatic heterocycles. The molecule has 6 nitrogen and oxygen atoms in total. The van der Waals surface area contributed by atoms with E-state index in [2.05, 4.69) is 10.0 Å². The number of anilines is 2. The van der Waals surface area contributed by atoms with Gasteiger partial charge in [-0.1, -0.05) is 6.42 Å². The highest BCUT2D eigenvalue weighted by Crippen LogP contribution is 2.20. The lowest BCUT2D eigenvalue weighted by Crippen LogP contribution is -2.14. The lowest BCUT2D eigenvalue weighted by molar-refractivity contribution is -0.116. The van der Waals surface area contributed by atoms with Gasteiger partial charge in [-0.15, -0.1) is 0 Å². The van der Waals surface area contributed by atoms with E-state index < -0.39 is 15.8 Å². The van der Waals surface area contributed by atoms with Gasteiger partial charge in [-0.25, -0.2) is 12.8 Å². The van der Waals surface area contributed by atoms with Gasteiger partial charge in [0.25, 0.3) is 0 Å².